The Morgan fingerprint density at radius 3 is 2.30 bits per heavy atom. The third kappa shape index (κ3) is 2.60. The molecule has 0 bridgehead atoms. The number of hydrogen-bond acceptors (Lipinski definition) is 4. The molecular weight excluding hydrogens is 376 g/mol. The van der Waals surface area contributed by atoms with Gasteiger partial charge in [0.05, 0.1) is 6.61 Å². The molecule has 0 saturated heterocycles. The van der Waals surface area contributed by atoms with Crippen LogP contribution in [0, 0.1) is 5.41 Å². The first-order valence-corrected chi connectivity index (χ1v) is 10.3. The minimum Gasteiger partial charge on any atom is -0.465 e. The van der Waals surface area contributed by atoms with Gasteiger partial charge in [0.2, 0.25) is 0 Å². The Morgan fingerprint density at radius 1 is 0.933 bits per heavy atom. The topological polar surface area (TPSA) is 52.6 Å². The van der Waals surface area contributed by atoms with Crippen molar-refractivity contribution >= 4 is 11.9 Å². The van der Waals surface area contributed by atoms with Gasteiger partial charge in [-0.1, -0.05) is 72.8 Å². The second-order valence-electron chi connectivity index (χ2n) is 7.85. The largest absolute Gasteiger partial charge is 0.465 e. The van der Waals surface area contributed by atoms with Crippen molar-refractivity contribution in [2.45, 2.75) is 25.2 Å². The molecule has 150 valence electrons. The Kier molecular flexibility index (Phi) is 4.43. The maximum absolute atomic E-state index is 13.5. The van der Waals surface area contributed by atoms with Gasteiger partial charge in [-0.15, -0.1) is 0 Å². The van der Waals surface area contributed by atoms with E-state index in [1.54, 1.807) is 13.0 Å². The molecule has 0 saturated carbocycles. The van der Waals surface area contributed by atoms with Crippen molar-refractivity contribution in [3.63, 3.8) is 0 Å². The van der Waals surface area contributed by atoms with E-state index in [2.05, 4.69) is 6.07 Å². The van der Waals surface area contributed by atoms with E-state index < -0.39 is 23.3 Å². The van der Waals surface area contributed by atoms with Gasteiger partial charge in [0, 0.05) is 17.4 Å². The average molecular weight is 398 g/mol. The van der Waals surface area contributed by atoms with Crippen molar-refractivity contribution in [1.29, 1.82) is 0 Å². The molecular formula is C26H22O4. The molecule has 0 radical (unpaired) electrons. The maximum atomic E-state index is 13.5. The number of carbonyl (C=O) groups excluding carboxylic acids is 2. The van der Waals surface area contributed by atoms with Crippen LogP contribution in [0.15, 0.2) is 78.9 Å². The average Bonchev–Trinajstić information content (AvgIpc) is 2.79. The summed E-state index contributed by atoms with van der Waals surface area (Å²) in [5.41, 5.74) is 2.62. The highest BCUT2D eigenvalue weighted by molar-refractivity contribution is 6.04. The van der Waals surface area contributed by atoms with E-state index in [4.69, 9.17) is 9.47 Å². The minimum atomic E-state index is -1.42. The van der Waals surface area contributed by atoms with Crippen LogP contribution < -0.4 is 4.74 Å². The summed E-state index contributed by atoms with van der Waals surface area (Å²) in [6.07, 6.45) is 0.310. The van der Waals surface area contributed by atoms with Gasteiger partial charge in [-0.05, 0) is 36.1 Å². The number of ether oxygens (including phenoxy) is 2. The van der Waals surface area contributed by atoms with Crippen molar-refractivity contribution in [2.75, 3.05) is 6.61 Å². The summed E-state index contributed by atoms with van der Waals surface area (Å²) in [6, 6.07) is 25.6. The standard InChI is InChI=1S/C26H22O4/c1-2-29-24(27)26-16-21(17-10-4-3-5-11-17)18-12-6-7-13-19(18)23(26)20-14-8-9-15-22(20)30-25(26)28/h3-15,21,23H,2,16H2,1H3/t21-,23-,26-/m0/s1. The van der Waals surface area contributed by atoms with Crippen LogP contribution in [0.3, 0.4) is 0 Å². The quantitative estimate of drug-likeness (QED) is 0.361. The Labute approximate surface area is 175 Å². The van der Waals surface area contributed by atoms with Gasteiger partial charge in [0.1, 0.15) is 5.75 Å². The monoisotopic (exact) mass is 398 g/mol. The first-order chi connectivity index (χ1) is 14.7. The molecule has 0 spiro atoms. The lowest BCUT2D eigenvalue weighted by atomic mass is 9.56. The Balaban J connectivity index is 1.81. The fraction of sp³-hybridized carbons (Fsp3) is 0.231. The van der Waals surface area contributed by atoms with Crippen LogP contribution >= 0.6 is 0 Å². The molecule has 3 atom stereocenters. The Bertz CT molecular complexity index is 1120. The molecule has 0 fully saturated rings. The van der Waals surface area contributed by atoms with Gasteiger partial charge in [-0.2, -0.15) is 0 Å². The molecule has 1 aliphatic carbocycles. The summed E-state index contributed by atoms with van der Waals surface area (Å²) >= 11 is 0. The number of esters is 2. The zero-order chi connectivity index (χ0) is 20.7. The lowest BCUT2D eigenvalue weighted by Gasteiger charge is -2.47. The lowest BCUT2D eigenvalue weighted by Crippen LogP contribution is -2.53. The van der Waals surface area contributed by atoms with E-state index in [9.17, 15) is 9.59 Å². The van der Waals surface area contributed by atoms with E-state index in [0.717, 1.165) is 22.3 Å². The predicted octanol–water partition coefficient (Wildman–Crippen LogP) is 4.82. The van der Waals surface area contributed by atoms with Crippen molar-refractivity contribution in [1.82, 2.24) is 0 Å². The SMILES string of the molecule is CCOC(=O)[C@]12C[C@@H](c3ccccc3)c3ccccc3[C@H]1c1ccccc1OC2=O. The first-order valence-electron chi connectivity index (χ1n) is 10.3. The molecule has 0 unspecified atom stereocenters. The van der Waals surface area contributed by atoms with Crippen LogP contribution in [-0.2, 0) is 14.3 Å². The molecule has 2 aliphatic rings. The van der Waals surface area contributed by atoms with Gasteiger partial charge < -0.3 is 9.47 Å². The molecule has 3 aromatic carbocycles. The van der Waals surface area contributed by atoms with Crippen LogP contribution in [0.4, 0.5) is 0 Å². The van der Waals surface area contributed by atoms with Gasteiger partial charge in [0.15, 0.2) is 5.41 Å². The third-order valence-electron chi connectivity index (χ3n) is 6.34. The number of para-hydroxylation sites is 1. The second kappa shape index (κ2) is 7.13. The first kappa shape index (κ1) is 18.6. The van der Waals surface area contributed by atoms with E-state index in [1.165, 1.54) is 0 Å². The van der Waals surface area contributed by atoms with Crippen LogP contribution in [-0.4, -0.2) is 18.5 Å². The molecule has 0 aromatic heterocycles. The highest BCUT2D eigenvalue weighted by Crippen LogP contribution is 2.59. The third-order valence-corrected chi connectivity index (χ3v) is 6.34. The van der Waals surface area contributed by atoms with Crippen LogP contribution in [0.5, 0.6) is 5.75 Å². The zero-order valence-electron chi connectivity index (χ0n) is 16.7. The molecule has 1 heterocycles. The number of carbonyl (C=O) groups is 2. The van der Waals surface area contributed by atoms with E-state index in [-0.39, 0.29) is 12.5 Å². The minimum absolute atomic E-state index is 0.110. The van der Waals surface area contributed by atoms with Crippen molar-refractivity contribution in [2.24, 2.45) is 5.41 Å². The summed E-state index contributed by atoms with van der Waals surface area (Å²) < 4.78 is 11.2. The number of benzene rings is 3. The molecule has 4 nitrogen and oxygen atoms in total. The predicted molar refractivity (Wildman–Crippen MR) is 112 cm³/mol. The van der Waals surface area contributed by atoms with Crippen LogP contribution in [0.25, 0.3) is 0 Å². The maximum Gasteiger partial charge on any atom is 0.329 e. The van der Waals surface area contributed by atoms with E-state index in [0.29, 0.717) is 12.2 Å². The van der Waals surface area contributed by atoms with Gasteiger partial charge >= 0.3 is 11.9 Å². The number of hydrogen-bond donors (Lipinski definition) is 0. The molecule has 5 rings (SSSR count). The fourth-order valence-electron chi connectivity index (χ4n) is 5.07. The summed E-state index contributed by atoms with van der Waals surface area (Å²) in [7, 11) is 0. The molecule has 30 heavy (non-hydrogen) atoms. The van der Waals surface area contributed by atoms with E-state index >= 15 is 0 Å². The van der Waals surface area contributed by atoms with Crippen molar-refractivity contribution in [3.8, 4) is 5.75 Å². The molecule has 0 N–H and O–H groups in total. The molecule has 1 aliphatic heterocycles. The molecule has 3 aromatic rings. The Morgan fingerprint density at radius 2 is 1.57 bits per heavy atom. The van der Waals surface area contributed by atoms with E-state index in [1.807, 2.05) is 66.7 Å². The zero-order valence-corrected chi connectivity index (χ0v) is 16.7. The smallest absolute Gasteiger partial charge is 0.329 e. The summed E-state index contributed by atoms with van der Waals surface area (Å²) in [5, 5.41) is 0. The molecule has 0 amide bonds. The Hall–Kier alpha value is -3.40. The lowest BCUT2D eigenvalue weighted by molar-refractivity contribution is -0.171. The number of rotatable bonds is 3. The second-order valence-corrected chi connectivity index (χ2v) is 7.85. The van der Waals surface area contributed by atoms with Crippen molar-refractivity contribution in [3.05, 3.63) is 101 Å². The van der Waals surface area contributed by atoms with Crippen LogP contribution in [0.2, 0.25) is 0 Å². The highest BCUT2D eigenvalue weighted by atomic mass is 16.6. The summed E-state index contributed by atoms with van der Waals surface area (Å²) in [6.45, 7) is 1.97. The number of fused-ring (bicyclic) bond motifs is 5. The van der Waals surface area contributed by atoms with Crippen molar-refractivity contribution < 1.29 is 19.1 Å². The van der Waals surface area contributed by atoms with Crippen LogP contribution in [0.1, 0.15) is 47.4 Å². The fourth-order valence-corrected chi connectivity index (χ4v) is 5.07. The molecule has 4 heteroatoms. The van der Waals surface area contributed by atoms with Gasteiger partial charge in [-0.25, -0.2) is 0 Å². The highest BCUT2D eigenvalue weighted by Gasteiger charge is 2.62. The van der Waals surface area contributed by atoms with Gasteiger partial charge in [-0.3, -0.25) is 9.59 Å². The summed E-state index contributed by atoms with van der Waals surface area (Å²) in [4.78, 5) is 26.9. The van der Waals surface area contributed by atoms with Gasteiger partial charge in [0.25, 0.3) is 0 Å². The summed E-state index contributed by atoms with van der Waals surface area (Å²) in [5.74, 6) is -1.07. The normalized spacial score (nSPS) is 24.1.